The molecule has 1 aromatic rings. The van der Waals surface area contributed by atoms with Crippen molar-refractivity contribution in [1.82, 2.24) is 4.90 Å². The fourth-order valence-electron chi connectivity index (χ4n) is 2.68. The average molecular weight is 339 g/mol. The zero-order valence-electron chi connectivity index (χ0n) is 15.9. The third kappa shape index (κ3) is 11.3. The van der Waals surface area contributed by atoms with Gasteiger partial charge < -0.3 is 10.6 Å². The van der Waals surface area contributed by atoms with Crippen LogP contribution in [-0.2, 0) is 4.79 Å². The fraction of sp³-hybridized carbons (Fsp3) is 0.650. The highest BCUT2D eigenvalue weighted by Gasteiger charge is 2.19. The zero-order valence-corrected chi connectivity index (χ0v) is 15.9. The molecular weight excluding hydrogens is 303 g/mol. The van der Waals surface area contributed by atoms with E-state index in [1.807, 2.05) is 6.92 Å². The Morgan fingerprint density at radius 3 is 2.17 bits per heavy atom. The molecule has 0 aliphatic heterocycles. The maximum atomic E-state index is 12.1. The summed E-state index contributed by atoms with van der Waals surface area (Å²) in [6, 6.07) is 6.40. The topological polar surface area (TPSA) is 46.3 Å². The number of aryl methyl sites for hydroxylation is 1. The number of unbranched alkanes of at least 4 members (excludes halogenated alkanes) is 1. The number of hydrogen-bond donors (Lipinski definition) is 1. The van der Waals surface area contributed by atoms with Crippen molar-refractivity contribution in [3.8, 4) is 0 Å². The monoisotopic (exact) mass is 338 g/mol. The SMILES string of the molecule is CCCCN(C)CC1CCC(=O)CC1.CN.Cc1ccc(F)cc1. The van der Waals surface area contributed by atoms with Crippen molar-refractivity contribution in [3.63, 3.8) is 0 Å². The van der Waals surface area contributed by atoms with Gasteiger partial charge in [-0.25, -0.2) is 4.39 Å². The molecule has 1 saturated carbocycles. The Morgan fingerprint density at radius 1 is 1.17 bits per heavy atom. The molecule has 2 N–H and O–H groups in total. The summed E-state index contributed by atoms with van der Waals surface area (Å²) in [7, 11) is 3.70. The van der Waals surface area contributed by atoms with Gasteiger partial charge in [0.05, 0.1) is 0 Å². The summed E-state index contributed by atoms with van der Waals surface area (Å²) < 4.78 is 12.1. The van der Waals surface area contributed by atoms with Crippen molar-refractivity contribution in [2.45, 2.75) is 52.4 Å². The normalized spacial score (nSPS) is 14.5. The molecule has 1 aliphatic carbocycles. The van der Waals surface area contributed by atoms with Gasteiger partial charge in [-0.05, 0) is 64.9 Å². The van der Waals surface area contributed by atoms with Crippen LogP contribution in [0.4, 0.5) is 4.39 Å². The highest BCUT2D eigenvalue weighted by molar-refractivity contribution is 5.79. The molecule has 0 amide bonds. The Labute approximate surface area is 147 Å². The first kappa shape index (κ1) is 22.7. The van der Waals surface area contributed by atoms with E-state index in [2.05, 4.69) is 24.6 Å². The Bertz CT molecular complexity index is 403. The molecule has 0 unspecified atom stereocenters. The molecule has 138 valence electrons. The van der Waals surface area contributed by atoms with Gasteiger partial charge in [0.25, 0.3) is 0 Å². The molecule has 24 heavy (non-hydrogen) atoms. The molecule has 1 aliphatic rings. The standard InChI is InChI=1S/C12H23NO.C7H7F.CH5N/c1-3-4-9-13(2)10-11-5-7-12(14)8-6-11;1-6-2-4-7(8)5-3-6;1-2/h11H,3-10H2,1-2H3;2-5H,1H3;2H2,1H3. The Balaban J connectivity index is 0.000000447. The second-order valence-corrected chi connectivity index (χ2v) is 6.39. The lowest BCUT2D eigenvalue weighted by Crippen LogP contribution is -2.29. The van der Waals surface area contributed by atoms with Gasteiger partial charge in [-0.3, -0.25) is 4.79 Å². The number of nitrogens with zero attached hydrogens (tertiary/aromatic N) is 1. The number of carbonyl (C=O) groups excluding carboxylic acids is 1. The van der Waals surface area contributed by atoms with Gasteiger partial charge in [0.2, 0.25) is 0 Å². The molecule has 0 spiro atoms. The van der Waals surface area contributed by atoms with Crippen LogP contribution in [0.5, 0.6) is 0 Å². The van der Waals surface area contributed by atoms with Crippen LogP contribution in [0.2, 0.25) is 0 Å². The average Bonchev–Trinajstić information content (AvgIpc) is 2.60. The van der Waals surface area contributed by atoms with Gasteiger partial charge in [0.1, 0.15) is 11.6 Å². The van der Waals surface area contributed by atoms with Gasteiger partial charge in [0.15, 0.2) is 0 Å². The minimum Gasteiger partial charge on any atom is -0.333 e. The number of Topliss-reactive ketones (excluding diaryl/α,β-unsaturated/α-hetero) is 1. The number of nitrogens with two attached hydrogens (primary N) is 1. The zero-order chi connectivity index (χ0) is 18.4. The molecule has 3 nitrogen and oxygen atoms in total. The second-order valence-electron chi connectivity index (χ2n) is 6.39. The van der Waals surface area contributed by atoms with E-state index in [4.69, 9.17) is 0 Å². The van der Waals surface area contributed by atoms with Crippen LogP contribution in [0.3, 0.4) is 0 Å². The van der Waals surface area contributed by atoms with Crippen LogP contribution in [0.25, 0.3) is 0 Å². The Morgan fingerprint density at radius 2 is 1.71 bits per heavy atom. The molecule has 0 atom stereocenters. The van der Waals surface area contributed by atoms with E-state index in [9.17, 15) is 9.18 Å². The maximum Gasteiger partial charge on any atom is 0.132 e. The first-order valence-corrected chi connectivity index (χ1v) is 9.01. The quantitative estimate of drug-likeness (QED) is 0.876. The highest BCUT2D eigenvalue weighted by atomic mass is 19.1. The summed E-state index contributed by atoms with van der Waals surface area (Å²) in [5.74, 6) is 1.07. The van der Waals surface area contributed by atoms with Crippen LogP contribution in [-0.4, -0.2) is 37.9 Å². The summed E-state index contributed by atoms with van der Waals surface area (Å²) in [6.45, 7) is 6.56. The minimum absolute atomic E-state index is 0.171. The number of halogens is 1. The van der Waals surface area contributed by atoms with Gasteiger partial charge in [0, 0.05) is 19.4 Å². The van der Waals surface area contributed by atoms with E-state index in [1.165, 1.54) is 45.1 Å². The van der Waals surface area contributed by atoms with Gasteiger partial charge in [-0.1, -0.05) is 31.0 Å². The van der Waals surface area contributed by atoms with Gasteiger partial charge in [-0.15, -0.1) is 0 Å². The van der Waals surface area contributed by atoms with Crippen LogP contribution in [0.1, 0.15) is 51.0 Å². The molecule has 1 aromatic carbocycles. The first-order chi connectivity index (χ1) is 11.5. The number of ketones is 1. The molecule has 2 rings (SSSR count). The van der Waals surface area contributed by atoms with Gasteiger partial charge >= 0.3 is 0 Å². The van der Waals surface area contributed by atoms with Crippen LogP contribution < -0.4 is 5.73 Å². The molecule has 0 radical (unpaired) electrons. The van der Waals surface area contributed by atoms with Crippen LogP contribution >= 0.6 is 0 Å². The third-order valence-electron chi connectivity index (χ3n) is 4.14. The lowest BCUT2D eigenvalue weighted by Gasteiger charge is -2.26. The summed E-state index contributed by atoms with van der Waals surface area (Å²) >= 11 is 0. The lowest BCUT2D eigenvalue weighted by molar-refractivity contribution is -0.121. The summed E-state index contributed by atoms with van der Waals surface area (Å²) in [5, 5.41) is 0. The number of benzene rings is 1. The van der Waals surface area contributed by atoms with E-state index in [-0.39, 0.29) is 5.82 Å². The largest absolute Gasteiger partial charge is 0.333 e. The molecule has 0 heterocycles. The Kier molecular flexibility index (Phi) is 13.4. The van der Waals surface area contributed by atoms with Crippen molar-refractivity contribution >= 4 is 5.78 Å². The summed E-state index contributed by atoms with van der Waals surface area (Å²) in [5.41, 5.74) is 5.59. The van der Waals surface area contributed by atoms with E-state index in [0.717, 1.165) is 37.2 Å². The van der Waals surface area contributed by atoms with Crippen LogP contribution in [0.15, 0.2) is 24.3 Å². The predicted octanol–water partition coefficient (Wildman–Crippen LogP) is 4.19. The Hall–Kier alpha value is -1.26. The van der Waals surface area contributed by atoms with Crippen LogP contribution in [0, 0.1) is 18.7 Å². The molecular formula is C20H35FN2O. The maximum absolute atomic E-state index is 12.1. The smallest absolute Gasteiger partial charge is 0.132 e. The molecule has 4 heteroatoms. The molecule has 0 saturated heterocycles. The van der Waals surface area contributed by atoms with Crippen molar-refractivity contribution in [2.75, 3.05) is 27.2 Å². The van der Waals surface area contributed by atoms with E-state index in [0.29, 0.717) is 5.78 Å². The molecule has 0 bridgehead atoms. The summed E-state index contributed by atoms with van der Waals surface area (Å²) in [4.78, 5) is 13.5. The van der Waals surface area contributed by atoms with Gasteiger partial charge in [-0.2, -0.15) is 0 Å². The fourth-order valence-corrected chi connectivity index (χ4v) is 2.68. The number of hydrogen-bond acceptors (Lipinski definition) is 3. The highest BCUT2D eigenvalue weighted by Crippen LogP contribution is 2.22. The van der Waals surface area contributed by atoms with Crippen molar-refractivity contribution in [3.05, 3.63) is 35.6 Å². The summed E-state index contributed by atoms with van der Waals surface area (Å²) in [6.07, 6.45) is 6.46. The minimum atomic E-state index is -0.171. The van der Waals surface area contributed by atoms with Crippen molar-refractivity contribution < 1.29 is 9.18 Å². The third-order valence-corrected chi connectivity index (χ3v) is 4.14. The molecule has 1 fully saturated rings. The molecule has 0 aromatic heterocycles. The lowest BCUT2D eigenvalue weighted by atomic mass is 9.88. The second kappa shape index (κ2) is 14.1. The number of rotatable bonds is 5. The first-order valence-electron chi connectivity index (χ1n) is 9.01. The van der Waals surface area contributed by atoms with E-state index >= 15 is 0 Å². The van der Waals surface area contributed by atoms with Crippen molar-refractivity contribution in [2.24, 2.45) is 11.7 Å². The number of carbonyl (C=O) groups is 1. The van der Waals surface area contributed by atoms with E-state index in [1.54, 1.807) is 12.1 Å². The van der Waals surface area contributed by atoms with Crippen molar-refractivity contribution in [1.29, 1.82) is 0 Å². The predicted molar refractivity (Wildman–Crippen MR) is 101 cm³/mol. The van der Waals surface area contributed by atoms with E-state index < -0.39 is 0 Å².